The lowest BCUT2D eigenvalue weighted by atomic mass is 10.4. The zero-order valence-corrected chi connectivity index (χ0v) is 7.56. The molecule has 0 fully saturated rings. The first kappa shape index (κ1) is 9.73. The smallest absolute Gasteiger partial charge is 0.237 e. The van der Waals surface area contributed by atoms with Gasteiger partial charge in [-0.2, -0.15) is 0 Å². The van der Waals surface area contributed by atoms with Gasteiger partial charge in [-0.3, -0.25) is 4.79 Å². The third-order valence-electron chi connectivity index (χ3n) is 1.66. The number of ether oxygens (including phenoxy) is 1. The zero-order valence-electron chi connectivity index (χ0n) is 7.56. The molecule has 0 aromatic carbocycles. The highest BCUT2D eigenvalue weighted by Gasteiger charge is 2.03. The van der Waals surface area contributed by atoms with Gasteiger partial charge in [-0.15, -0.1) is 0 Å². The molecule has 5 heteroatoms. The Morgan fingerprint density at radius 2 is 2.54 bits per heavy atom. The van der Waals surface area contributed by atoms with Gasteiger partial charge < -0.3 is 15.0 Å². The van der Waals surface area contributed by atoms with Gasteiger partial charge in [0, 0.05) is 25.9 Å². The average Bonchev–Trinajstić information content (AvgIpc) is 2.48. The van der Waals surface area contributed by atoms with Crippen molar-refractivity contribution in [3.8, 4) is 0 Å². The molecular weight excluding hydrogens is 170 g/mol. The minimum Gasteiger partial charge on any atom is -0.384 e. The molecule has 0 unspecified atom stereocenters. The minimum absolute atomic E-state index is 0.180. The summed E-state index contributed by atoms with van der Waals surface area (Å²) < 4.78 is 6.63. The van der Waals surface area contributed by atoms with E-state index in [1.54, 1.807) is 24.1 Å². The number of nitrogens with zero attached hydrogens (tertiary/aromatic N) is 2. The topological polar surface area (TPSA) is 70.1 Å². The Labute approximate surface area is 76.5 Å². The van der Waals surface area contributed by atoms with Gasteiger partial charge in [-0.1, -0.05) is 0 Å². The van der Waals surface area contributed by atoms with Crippen molar-refractivity contribution in [1.29, 1.82) is 0 Å². The number of carbonyl (C=O) groups excluding carboxylic acids is 1. The van der Waals surface area contributed by atoms with Crippen LogP contribution in [-0.4, -0.2) is 29.2 Å². The quantitative estimate of drug-likeness (QED) is 0.672. The SMILES string of the molecule is COCCc1nccn1CC(N)=O. The largest absolute Gasteiger partial charge is 0.384 e. The molecule has 72 valence electrons. The molecule has 2 N–H and O–H groups in total. The van der Waals surface area contributed by atoms with Crippen LogP contribution in [0, 0.1) is 0 Å². The van der Waals surface area contributed by atoms with Crippen LogP contribution in [0.2, 0.25) is 0 Å². The third-order valence-corrected chi connectivity index (χ3v) is 1.66. The summed E-state index contributed by atoms with van der Waals surface area (Å²) in [5.41, 5.74) is 5.06. The lowest BCUT2D eigenvalue weighted by Crippen LogP contribution is -2.20. The Bertz CT molecular complexity index is 283. The molecule has 0 saturated carbocycles. The van der Waals surface area contributed by atoms with Crippen molar-refractivity contribution >= 4 is 5.91 Å². The molecule has 1 heterocycles. The molecule has 1 aromatic rings. The molecule has 0 bridgehead atoms. The van der Waals surface area contributed by atoms with Crippen molar-refractivity contribution in [2.75, 3.05) is 13.7 Å². The molecule has 0 aliphatic heterocycles. The summed E-state index contributed by atoms with van der Waals surface area (Å²) in [6, 6.07) is 0. The van der Waals surface area contributed by atoms with Crippen LogP contribution in [0.5, 0.6) is 0 Å². The van der Waals surface area contributed by atoms with E-state index in [0.717, 1.165) is 5.82 Å². The maximum atomic E-state index is 10.6. The first-order chi connectivity index (χ1) is 6.24. The number of amides is 1. The predicted octanol–water partition coefficient (Wildman–Crippen LogP) is -0.443. The first-order valence-electron chi connectivity index (χ1n) is 4.01. The minimum atomic E-state index is -0.364. The second-order valence-corrected chi connectivity index (χ2v) is 2.68. The molecule has 5 nitrogen and oxygen atoms in total. The highest BCUT2D eigenvalue weighted by molar-refractivity contribution is 5.73. The molecule has 0 spiro atoms. The fourth-order valence-corrected chi connectivity index (χ4v) is 1.07. The average molecular weight is 183 g/mol. The summed E-state index contributed by atoms with van der Waals surface area (Å²) in [4.78, 5) is 14.7. The van der Waals surface area contributed by atoms with Gasteiger partial charge in [0.15, 0.2) is 0 Å². The number of rotatable bonds is 5. The van der Waals surface area contributed by atoms with Crippen LogP contribution in [0.4, 0.5) is 0 Å². The van der Waals surface area contributed by atoms with Crippen molar-refractivity contribution in [2.45, 2.75) is 13.0 Å². The molecule has 0 aliphatic rings. The Morgan fingerprint density at radius 1 is 1.77 bits per heavy atom. The molecular formula is C8H13N3O2. The van der Waals surface area contributed by atoms with Crippen molar-refractivity contribution in [1.82, 2.24) is 9.55 Å². The number of aromatic nitrogens is 2. The van der Waals surface area contributed by atoms with E-state index in [-0.39, 0.29) is 12.5 Å². The van der Waals surface area contributed by atoms with E-state index in [2.05, 4.69) is 4.98 Å². The molecule has 1 amide bonds. The van der Waals surface area contributed by atoms with Crippen LogP contribution in [0.15, 0.2) is 12.4 Å². The Kier molecular flexibility index (Phi) is 3.45. The van der Waals surface area contributed by atoms with Crippen LogP contribution in [0.25, 0.3) is 0 Å². The summed E-state index contributed by atoms with van der Waals surface area (Å²) >= 11 is 0. The fraction of sp³-hybridized carbons (Fsp3) is 0.500. The molecule has 1 rings (SSSR count). The molecule has 0 aliphatic carbocycles. The van der Waals surface area contributed by atoms with Crippen LogP contribution >= 0.6 is 0 Å². The normalized spacial score (nSPS) is 10.2. The van der Waals surface area contributed by atoms with E-state index >= 15 is 0 Å². The van der Waals surface area contributed by atoms with Crippen molar-refractivity contribution in [3.63, 3.8) is 0 Å². The van der Waals surface area contributed by atoms with E-state index in [0.29, 0.717) is 13.0 Å². The van der Waals surface area contributed by atoms with Gasteiger partial charge in [-0.05, 0) is 0 Å². The summed E-state index contributed by atoms with van der Waals surface area (Å²) in [6.07, 6.45) is 4.07. The van der Waals surface area contributed by atoms with Crippen molar-refractivity contribution < 1.29 is 9.53 Å². The van der Waals surface area contributed by atoms with Gasteiger partial charge in [-0.25, -0.2) is 4.98 Å². The van der Waals surface area contributed by atoms with E-state index in [4.69, 9.17) is 10.5 Å². The highest BCUT2D eigenvalue weighted by Crippen LogP contribution is 1.98. The van der Waals surface area contributed by atoms with E-state index < -0.39 is 0 Å². The molecule has 0 radical (unpaired) electrons. The van der Waals surface area contributed by atoms with Crippen molar-refractivity contribution in [3.05, 3.63) is 18.2 Å². The summed E-state index contributed by atoms with van der Waals surface area (Å²) in [6.45, 7) is 0.773. The molecule has 0 atom stereocenters. The first-order valence-corrected chi connectivity index (χ1v) is 4.01. The van der Waals surface area contributed by atoms with Gasteiger partial charge in [0.05, 0.1) is 6.61 Å². The molecule has 1 aromatic heterocycles. The summed E-state index contributed by atoms with van der Waals surface area (Å²) in [5, 5.41) is 0. The number of carbonyl (C=O) groups is 1. The van der Waals surface area contributed by atoms with Crippen LogP contribution < -0.4 is 5.73 Å². The summed E-state index contributed by atoms with van der Waals surface area (Å²) in [5.74, 6) is 0.456. The number of primary amides is 1. The predicted molar refractivity (Wildman–Crippen MR) is 47.0 cm³/mol. The molecule has 13 heavy (non-hydrogen) atoms. The Balaban J connectivity index is 2.60. The van der Waals surface area contributed by atoms with E-state index in [1.807, 2.05) is 0 Å². The highest BCUT2D eigenvalue weighted by atomic mass is 16.5. The van der Waals surface area contributed by atoms with Crippen LogP contribution in [0.1, 0.15) is 5.82 Å². The van der Waals surface area contributed by atoms with Crippen LogP contribution in [0.3, 0.4) is 0 Å². The van der Waals surface area contributed by atoms with Crippen molar-refractivity contribution in [2.24, 2.45) is 5.73 Å². The van der Waals surface area contributed by atoms with Gasteiger partial charge >= 0.3 is 0 Å². The number of methoxy groups -OCH3 is 1. The second-order valence-electron chi connectivity index (χ2n) is 2.68. The standard InChI is InChI=1S/C8H13N3O2/c1-13-5-2-8-10-3-4-11(8)6-7(9)12/h3-4H,2,5-6H2,1H3,(H2,9,12). The zero-order chi connectivity index (χ0) is 9.68. The third kappa shape index (κ3) is 2.87. The van der Waals surface area contributed by atoms with Crippen LogP contribution in [-0.2, 0) is 22.5 Å². The number of hydrogen-bond donors (Lipinski definition) is 1. The van der Waals surface area contributed by atoms with Gasteiger partial charge in [0.1, 0.15) is 12.4 Å². The lowest BCUT2D eigenvalue weighted by molar-refractivity contribution is -0.118. The van der Waals surface area contributed by atoms with E-state index in [9.17, 15) is 4.79 Å². The van der Waals surface area contributed by atoms with E-state index in [1.165, 1.54) is 0 Å². The summed E-state index contributed by atoms with van der Waals surface area (Å²) in [7, 11) is 1.63. The number of imidazole rings is 1. The lowest BCUT2D eigenvalue weighted by Gasteiger charge is -2.03. The maximum Gasteiger partial charge on any atom is 0.237 e. The van der Waals surface area contributed by atoms with Gasteiger partial charge in [0.25, 0.3) is 0 Å². The van der Waals surface area contributed by atoms with Gasteiger partial charge in [0.2, 0.25) is 5.91 Å². The Morgan fingerprint density at radius 3 is 3.15 bits per heavy atom. The fourth-order valence-electron chi connectivity index (χ4n) is 1.07. The maximum absolute atomic E-state index is 10.6. The number of nitrogens with two attached hydrogens (primary N) is 1. The number of hydrogen-bond acceptors (Lipinski definition) is 3. The Hall–Kier alpha value is -1.36. The second kappa shape index (κ2) is 4.61. The molecule has 0 saturated heterocycles. The monoisotopic (exact) mass is 183 g/mol.